The Morgan fingerprint density at radius 3 is 2.64 bits per heavy atom. The predicted octanol–water partition coefficient (Wildman–Crippen LogP) is 5.89. The molecule has 1 N–H and O–H groups in total. The molecule has 0 spiro atoms. The molecule has 3 atom stereocenters. The summed E-state index contributed by atoms with van der Waals surface area (Å²) < 4.78 is 5.51. The van der Waals surface area contributed by atoms with Gasteiger partial charge in [-0.25, -0.2) is 0 Å². The average molecular weight is 442 g/mol. The van der Waals surface area contributed by atoms with Crippen LogP contribution in [0.4, 0.5) is 11.6 Å². The first kappa shape index (κ1) is 21.5. The van der Waals surface area contributed by atoms with Crippen molar-refractivity contribution in [2.24, 2.45) is 11.8 Å². The van der Waals surface area contributed by atoms with Gasteiger partial charge in [-0.3, -0.25) is 0 Å². The number of nitrogens with one attached hydrogen (secondary N) is 1. The van der Waals surface area contributed by atoms with Gasteiger partial charge in [-0.1, -0.05) is 31.0 Å². The summed E-state index contributed by atoms with van der Waals surface area (Å²) in [7, 11) is 0. The maximum atomic E-state index is 9.07. The van der Waals surface area contributed by atoms with Crippen molar-refractivity contribution in [3.05, 3.63) is 60.2 Å². The number of piperidine rings is 1. The van der Waals surface area contributed by atoms with E-state index in [1.807, 2.05) is 42.5 Å². The van der Waals surface area contributed by atoms with Crippen molar-refractivity contribution in [3.8, 4) is 17.5 Å². The zero-order valence-electron chi connectivity index (χ0n) is 19.0. The van der Waals surface area contributed by atoms with Crippen molar-refractivity contribution in [1.82, 2.24) is 10.1 Å². The summed E-state index contributed by atoms with van der Waals surface area (Å²) in [6.45, 7) is 2.19. The lowest BCUT2D eigenvalue weighted by Crippen LogP contribution is -2.39. The Morgan fingerprint density at radius 2 is 1.82 bits per heavy atom. The van der Waals surface area contributed by atoms with Crippen molar-refractivity contribution in [2.45, 2.75) is 51.0 Å². The zero-order chi connectivity index (χ0) is 22.5. The minimum atomic E-state index is 0.394. The fraction of sp³-hybridized carbons (Fsp3) is 0.444. The highest BCUT2D eigenvalue weighted by molar-refractivity contribution is 5.54. The van der Waals surface area contributed by atoms with Crippen LogP contribution in [0.25, 0.3) is 11.5 Å². The Balaban J connectivity index is 1.22. The van der Waals surface area contributed by atoms with Crippen LogP contribution in [0.2, 0.25) is 0 Å². The molecular weight excluding hydrogens is 410 g/mol. The van der Waals surface area contributed by atoms with E-state index in [4.69, 9.17) is 9.78 Å². The number of anilines is 2. The smallest absolute Gasteiger partial charge is 0.263 e. The van der Waals surface area contributed by atoms with Gasteiger partial charge in [0.15, 0.2) is 0 Å². The Hall–Kier alpha value is -3.33. The molecule has 0 unspecified atom stereocenters. The van der Waals surface area contributed by atoms with Crippen LogP contribution in [0.5, 0.6) is 0 Å². The van der Waals surface area contributed by atoms with Crippen LogP contribution in [0.3, 0.4) is 0 Å². The van der Waals surface area contributed by atoms with Crippen molar-refractivity contribution in [2.75, 3.05) is 23.3 Å². The summed E-state index contributed by atoms with van der Waals surface area (Å²) in [5.74, 6) is 2.49. The maximum Gasteiger partial charge on any atom is 0.263 e. The highest BCUT2D eigenvalue weighted by Gasteiger charge is 2.30. The van der Waals surface area contributed by atoms with Crippen molar-refractivity contribution >= 4 is 11.6 Å². The molecule has 3 aromatic rings. The summed E-state index contributed by atoms with van der Waals surface area (Å²) >= 11 is 0. The lowest BCUT2D eigenvalue weighted by Gasteiger charge is -2.39. The van der Waals surface area contributed by atoms with Gasteiger partial charge in [0.1, 0.15) is 0 Å². The molecule has 1 aliphatic carbocycles. The van der Waals surface area contributed by atoms with Crippen LogP contribution < -0.4 is 10.2 Å². The molecule has 2 heterocycles. The summed E-state index contributed by atoms with van der Waals surface area (Å²) in [6, 6.07) is 20.6. The maximum absolute atomic E-state index is 9.07. The number of nitriles is 1. The molecule has 0 radical (unpaired) electrons. The largest absolute Gasteiger partial charge is 0.371 e. The van der Waals surface area contributed by atoms with E-state index in [9.17, 15) is 0 Å². The van der Waals surface area contributed by atoms with Gasteiger partial charge in [-0.2, -0.15) is 10.2 Å². The molecule has 0 bridgehead atoms. The third-order valence-corrected chi connectivity index (χ3v) is 7.19. The Morgan fingerprint density at radius 1 is 1.00 bits per heavy atom. The first-order valence-corrected chi connectivity index (χ1v) is 12.2. The van der Waals surface area contributed by atoms with Gasteiger partial charge in [0.05, 0.1) is 11.6 Å². The third kappa shape index (κ3) is 5.19. The number of hydrogen-bond donors (Lipinski definition) is 1. The molecule has 1 aromatic heterocycles. The van der Waals surface area contributed by atoms with E-state index >= 15 is 0 Å². The topological polar surface area (TPSA) is 78.0 Å². The predicted molar refractivity (Wildman–Crippen MR) is 130 cm³/mol. The van der Waals surface area contributed by atoms with E-state index in [1.54, 1.807) is 0 Å². The number of nitrogens with zero attached hydrogens (tertiary/aromatic N) is 4. The second-order valence-corrected chi connectivity index (χ2v) is 9.43. The summed E-state index contributed by atoms with van der Waals surface area (Å²) in [4.78, 5) is 7.09. The molecule has 6 nitrogen and oxygen atoms in total. The van der Waals surface area contributed by atoms with Crippen LogP contribution in [0.1, 0.15) is 50.5 Å². The highest BCUT2D eigenvalue weighted by atomic mass is 16.5. The molecule has 0 amide bonds. The van der Waals surface area contributed by atoms with Crippen LogP contribution in [0.15, 0.2) is 59.1 Å². The van der Waals surface area contributed by atoms with Crippen molar-refractivity contribution < 1.29 is 4.52 Å². The first-order valence-electron chi connectivity index (χ1n) is 12.2. The third-order valence-electron chi connectivity index (χ3n) is 7.19. The minimum Gasteiger partial charge on any atom is -0.371 e. The molecule has 5 rings (SSSR count). The van der Waals surface area contributed by atoms with E-state index in [-0.39, 0.29) is 0 Å². The fourth-order valence-electron chi connectivity index (χ4n) is 5.49. The Kier molecular flexibility index (Phi) is 6.57. The van der Waals surface area contributed by atoms with Gasteiger partial charge in [-0.15, -0.1) is 0 Å². The van der Waals surface area contributed by atoms with Crippen molar-refractivity contribution in [3.63, 3.8) is 0 Å². The van der Waals surface area contributed by atoms with Gasteiger partial charge in [-0.05, 0) is 85.5 Å². The molecule has 1 aliphatic heterocycles. The van der Waals surface area contributed by atoms with E-state index in [0.29, 0.717) is 29.7 Å². The second-order valence-electron chi connectivity index (χ2n) is 9.43. The lowest BCUT2D eigenvalue weighted by atomic mass is 9.77. The first-order chi connectivity index (χ1) is 16.3. The van der Waals surface area contributed by atoms with Crippen LogP contribution in [-0.4, -0.2) is 29.3 Å². The number of rotatable bonds is 6. The van der Waals surface area contributed by atoms with Gasteiger partial charge in [0.2, 0.25) is 0 Å². The number of benzene rings is 2. The highest BCUT2D eigenvalue weighted by Crippen LogP contribution is 2.35. The van der Waals surface area contributed by atoms with E-state index < -0.39 is 0 Å². The lowest BCUT2D eigenvalue weighted by molar-refractivity contribution is 0.246. The minimum absolute atomic E-state index is 0.394. The van der Waals surface area contributed by atoms with Crippen LogP contribution >= 0.6 is 0 Å². The molecule has 2 aliphatic rings. The standard InChI is InChI=1S/C27H31N5O/c28-18-20-12-14-24(15-13-20)32-16-6-7-21(19-32)17-23-10-4-5-11-25(23)29-27-30-26(33-31-27)22-8-2-1-3-9-22/h1-3,8-9,12-15,21,23,25H,4-7,10-11,16-17,19H2,(H,29,31)/t21-,23+,25-/m1/s1. The molecule has 2 fully saturated rings. The average Bonchev–Trinajstić information content (AvgIpc) is 3.35. The SMILES string of the molecule is N#Cc1ccc(N2CCC[C@H](C[C@@H]3CCCC[C@H]3Nc3noc(-c4ccccc4)n3)C2)cc1. The fourth-order valence-corrected chi connectivity index (χ4v) is 5.49. The second kappa shape index (κ2) is 10.1. The van der Waals surface area contributed by atoms with Crippen molar-refractivity contribution in [1.29, 1.82) is 5.26 Å². The summed E-state index contributed by atoms with van der Waals surface area (Å²) in [5, 5.41) is 16.9. The quantitative estimate of drug-likeness (QED) is 0.514. The summed E-state index contributed by atoms with van der Waals surface area (Å²) in [6.07, 6.45) is 8.71. The molecular formula is C27H31N5O. The van der Waals surface area contributed by atoms with Gasteiger partial charge >= 0.3 is 0 Å². The zero-order valence-corrected chi connectivity index (χ0v) is 19.0. The molecule has 33 heavy (non-hydrogen) atoms. The number of hydrogen-bond acceptors (Lipinski definition) is 6. The van der Waals surface area contributed by atoms with Crippen LogP contribution in [-0.2, 0) is 0 Å². The molecule has 1 saturated carbocycles. The summed E-state index contributed by atoms with van der Waals surface area (Å²) in [5.41, 5.74) is 2.90. The van der Waals surface area contributed by atoms with Gasteiger partial charge < -0.3 is 14.7 Å². The molecule has 1 saturated heterocycles. The Labute approximate surface area is 195 Å². The van der Waals surface area contributed by atoms with Crippen LogP contribution in [0, 0.1) is 23.2 Å². The Bertz CT molecular complexity index is 1070. The normalized spacial score (nSPS) is 23.1. The molecule has 6 heteroatoms. The monoisotopic (exact) mass is 441 g/mol. The molecule has 2 aromatic carbocycles. The van der Waals surface area contributed by atoms with Gasteiger partial charge in [0, 0.05) is 30.4 Å². The van der Waals surface area contributed by atoms with E-state index in [1.165, 1.54) is 44.2 Å². The number of aromatic nitrogens is 2. The van der Waals surface area contributed by atoms with E-state index in [0.717, 1.165) is 30.6 Å². The van der Waals surface area contributed by atoms with E-state index in [2.05, 4.69) is 38.6 Å². The molecule has 170 valence electrons. The van der Waals surface area contributed by atoms with Gasteiger partial charge in [0.25, 0.3) is 11.8 Å².